The first-order valence-electron chi connectivity index (χ1n) is 4.84. The molecule has 5 heteroatoms. The van der Waals surface area contributed by atoms with E-state index in [0.717, 1.165) is 5.56 Å². The van der Waals surface area contributed by atoms with Crippen molar-refractivity contribution in [2.75, 3.05) is 0 Å². The highest BCUT2D eigenvalue weighted by Crippen LogP contribution is 2.13. The summed E-state index contributed by atoms with van der Waals surface area (Å²) in [4.78, 5) is 17.4. The van der Waals surface area contributed by atoms with Crippen LogP contribution < -0.4 is 5.69 Å². The molecule has 2 N–H and O–H groups in total. The van der Waals surface area contributed by atoms with Gasteiger partial charge in [-0.3, -0.25) is 9.97 Å². The lowest BCUT2D eigenvalue weighted by molar-refractivity contribution is 1.05. The molecule has 2 heterocycles. The van der Waals surface area contributed by atoms with E-state index in [1.807, 2.05) is 32.9 Å². The van der Waals surface area contributed by atoms with E-state index in [9.17, 15) is 4.79 Å². The van der Waals surface area contributed by atoms with Gasteiger partial charge in [-0.05, 0) is 18.6 Å². The highest BCUT2D eigenvalue weighted by Gasteiger charge is 2.05. The number of aryl methyl sites for hydroxylation is 1. The molecule has 2 aromatic rings. The van der Waals surface area contributed by atoms with Gasteiger partial charge in [0, 0.05) is 6.20 Å². The molecule has 0 saturated carbocycles. The molecule has 2 rings (SSSR count). The van der Waals surface area contributed by atoms with Crippen molar-refractivity contribution in [2.45, 2.75) is 20.8 Å². The minimum atomic E-state index is -0.319. The molecule has 0 unspecified atom stereocenters. The number of pyridine rings is 1. The molecule has 0 spiro atoms. The topological polar surface area (TPSA) is 74.4 Å². The standard InChI is InChI=1S/C8H8N4O.C2H6/c1-5-3-2-4-9-6(5)7-10-8(13)12-11-7;1-2/h2-4H,1H3,(H2,10,11,12,13);1-2H3. The van der Waals surface area contributed by atoms with Crippen LogP contribution in [0.2, 0.25) is 0 Å². The largest absolute Gasteiger partial charge is 0.340 e. The van der Waals surface area contributed by atoms with Crippen molar-refractivity contribution in [2.24, 2.45) is 0 Å². The third kappa shape index (κ3) is 2.52. The molecule has 0 radical (unpaired) electrons. The van der Waals surface area contributed by atoms with Gasteiger partial charge in [0.2, 0.25) is 0 Å². The lowest BCUT2D eigenvalue weighted by atomic mass is 10.2. The molecular weight excluding hydrogens is 192 g/mol. The summed E-state index contributed by atoms with van der Waals surface area (Å²) in [7, 11) is 0. The van der Waals surface area contributed by atoms with Crippen LogP contribution in [0.4, 0.5) is 0 Å². The number of H-pyrrole nitrogens is 2. The van der Waals surface area contributed by atoms with Gasteiger partial charge < -0.3 is 0 Å². The van der Waals surface area contributed by atoms with E-state index >= 15 is 0 Å². The quantitative estimate of drug-likeness (QED) is 0.742. The molecule has 5 nitrogen and oxygen atoms in total. The Morgan fingerprint density at radius 2 is 2.07 bits per heavy atom. The zero-order chi connectivity index (χ0) is 11.3. The van der Waals surface area contributed by atoms with Crippen LogP contribution in [0.1, 0.15) is 19.4 Å². The number of nitrogens with zero attached hydrogens (tertiary/aromatic N) is 2. The van der Waals surface area contributed by atoms with Gasteiger partial charge in [0.1, 0.15) is 5.69 Å². The minimum absolute atomic E-state index is 0.319. The molecule has 0 aliphatic heterocycles. The van der Waals surface area contributed by atoms with E-state index in [1.54, 1.807) is 6.20 Å². The van der Waals surface area contributed by atoms with Crippen molar-refractivity contribution < 1.29 is 0 Å². The Morgan fingerprint density at radius 1 is 1.33 bits per heavy atom. The summed E-state index contributed by atoms with van der Waals surface area (Å²) < 4.78 is 0. The van der Waals surface area contributed by atoms with E-state index < -0.39 is 0 Å². The van der Waals surface area contributed by atoms with Crippen LogP contribution in [-0.4, -0.2) is 20.2 Å². The fraction of sp³-hybridized carbons (Fsp3) is 0.300. The second-order valence-electron chi connectivity index (χ2n) is 2.70. The van der Waals surface area contributed by atoms with Gasteiger partial charge >= 0.3 is 5.69 Å². The molecular formula is C10H14N4O. The highest BCUT2D eigenvalue weighted by molar-refractivity contribution is 5.52. The Labute approximate surface area is 87.6 Å². The Kier molecular flexibility index (Phi) is 3.79. The van der Waals surface area contributed by atoms with Crippen LogP contribution in [0.15, 0.2) is 23.1 Å². The lowest BCUT2D eigenvalue weighted by Crippen LogP contribution is -2.00. The third-order valence-corrected chi connectivity index (χ3v) is 1.73. The van der Waals surface area contributed by atoms with E-state index in [1.165, 1.54) is 0 Å². The molecule has 0 saturated heterocycles. The van der Waals surface area contributed by atoms with Crippen LogP contribution in [-0.2, 0) is 0 Å². The van der Waals surface area contributed by atoms with Crippen LogP contribution in [0.5, 0.6) is 0 Å². The van der Waals surface area contributed by atoms with E-state index in [2.05, 4.69) is 20.2 Å². The number of hydrogen-bond acceptors (Lipinski definition) is 3. The number of hydrogen-bond donors (Lipinski definition) is 2. The SMILES string of the molecule is CC.Cc1cccnc1-c1n[nH]c(=O)[nH]1. The van der Waals surface area contributed by atoms with Crippen molar-refractivity contribution in [3.8, 4) is 11.5 Å². The van der Waals surface area contributed by atoms with Gasteiger partial charge in [-0.1, -0.05) is 19.9 Å². The van der Waals surface area contributed by atoms with E-state index in [4.69, 9.17) is 0 Å². The van der Waals surface area contributed by atoms with Gasteiger partial charge in [-0.2, -0.15) is 5.10 Å². The summed E-state index contributed by atoms with van der Waals surface area (Å²) in [5.41, 5.74) is 1.35. The number of nitrogens with one attached hydrogen (secondary N) is 2. The first-order valence-corrected chi connectivity index (χ1v) is 4.84. The molecule has 0 aliphatic carbocycles. The molecule has 0 fully saturated rings. The van der Waals surface area contributed by atoms with Gasteiger partial charge in [0.25, 0.3) is 0 Å². The molecule has 2 aromatic heterocycles. The predicted molar refractivity (Wildman–Crippen MR) is 58.5 cm³/mol. The summed E-state index contributed by atoms with van der Waals surface area (Å²) >= 11 is 0. The van der Waals surface area contributed by atoms with Crippen LogP contribution in [0.3, 0.4) is 0 Å². The maximum atomic E-state index is 10.8. The van der Waals surface area contributed by atoms with Gasteiger partial charge in [-0.25, -0.2) is 9.89 Å². The molecule has 15 heavy (non-hydrogen) atoms. The van der Waals surface area contributed by atoms with Gasteiger partial charge in [-0.15, -0.1) is 0 Å². The summed E-state index contributed by atoms with van der Waals surface area (Å²) in [6.45, 7) is 5.91. The number of aromatic amines is 2. The zero-order valence-electron chi connectivity index (χ0n) is 9.03. The summed E-state index contributed by atoms with van der Waals surface area (Å²) in [5, 5.41) is 6.08. The molecule has 0 atom stereocenters. The number of aromatic nitrogens is 4. The Bertz CT molecular complexity index is 472. The minimum Gasteiger partial charge on any atom is -0.288 e. The zero-order valence-corrected chi connectivity index (χ0v) is 9.03. The Morgan fingerprint density at radius 3 is 2.60 bits per heavy atom. The lowest BCUT2D eigenvalue weighted by Gasteiger charge is -1.97. The Balaban J connectivity index is 0.000000531. The predicted octanol–water partition coefficient (Wildman–Crippen LogP) is 1.49. The summed E-state index contributed by atoms with van der Waals surface area (Å²) in [5.74, 6) is 0.475. The first-order chi connectivity index (χ1) is 7.27. The van der Waals surface area contributed by atoms with Crippen molar-refractivity contribution >= 4 is 0 Å². The van der Waals surface area contributed by atoms with Crippen LogP contribution in [0.25, 0.3) is 11.5 Å². The van der Waals surface area contributed by atoms with Crippen molar-refractivity contribution in [1.29, 1.82) is 0 Å². The normalized spacial score (nSPS) is 9.27. The molecule has 80 valence electrons. The molecule has 0 aliphatic rings. The maximum Gasteiger partial charge on any atom is 0.340 e. The average molecular weight is 206 g/mol. The second kappa shape index (κ2) is 5.09. The fourth-order valence-electron chi connectivity index (χ4n) is 1.12. The van der Waals surface area contributed by atoms with E-state index in [-0.39, 0.29) is 5.69 Å². The van der Waals surface area contributed by atoms with Gasteiger partial charge in [0.15, 0.2) is 5.82 Å². The van der Waals surface area contributed by atoms with Crippen molar-refractivity contribution in [3.05, 3.63) is 34.4 Å². The summed E-state index contributed by atoms with van der Waals surface area (Å²) in [6, 6.07) is 3.75. The van der Waals surface area contributed by atoms with Crippen molar-refractivity contribution in [1.82, 2.24) is 20.2 Å². The monoisotopic (exact) mass is 206 g/mol. The molecule has 0 aromatic carbocycles. The Hall–Kier alpha value is -1.91. The number of rotatable bonds is 1. The van der Waals surface area contributed by atoms with E-state index in [0.29, 0.717) is 11.5 Å². The second-order valence-corrected chi connectivity index (χ2v) is 2.70. The summed E-state index contributed by atoms with van der Waals surface area (Å²) in [6.07, 6.45) is 1.66. The van der Waals surface area contributed by atoms with Gasteiger partial charge in [0.05, 0.1) is 0 Å². The third-order valence-electron chi connectivity index (χ3n) is 1.73. The van der Waals surface area contributed by atoms with Crippen molar-refractivity contribution in [3.63, 3.8) is 0 Å². The van der Waals surface area contributed by atoms with Crippen LogP contribution in [0, 0.1) is 6.92 Å². The molecule has 0 amide bonds. The smallest absolute Gasteiger partial charge is 0.288 e. The average Bonchev–Trinajstić information content (AvgIpc) is 2.68. The first kappa shape index (κ1) is 11.2. The van der Waals surface area contributed by atoms with Crippen LogP contribution >= 0.6 is 0 Å². The highest BCUT2D eigenvalue weighted by atomic mass is 16.1. The fourth-order valence-corrected chi connectivity index (χ4v) is 1.12. The molecule has 0 bridgehead atoms. The maximum absolute atomic E-state index is 10.8.